The van der Waals surface area contributed by atoms with Gasteiger partial charge in [-0.25, -0.2) is 24.4 Å². The molecule has 2 aromatic rings. The largest absolute Gasteiger partial charge is 0.481 e. The molecule has 59 heavy (non-hydrogen) atoms. The average molecular weight is 836 g/mol. The summed E-state index contributed by atoms with van der Waals surface area (Å²) < 4.78 is 14.4. The summed E-state index contributed by atoms with van der Waals surface area (Å²) in [5.74, 6) is -4.02. The minimum Gasteiger partial charge on any atom is -0.481 e. The molecule has 0 radical (unpaired) electrons. The molecule has 0 spiro atoms. The third-order valence-electron chi connectivity index (χ3n) is 8.42. The molecule has 0 fully saturated rings. The summed E-state index contributed by atoms with van der Waals surface area (Å²) in [6.45, 7) is 12.1. The maximum absolute atomic E-state index is 12.7. The molecular formula is C38H61N9O12. The number of imidazole rings is 2. The molecule has 21 heteroatoms. The zero-order chi connectivity index (χ0) is 44.3. The fourth-order valence-electron chi connectivity index (χ4n) is 5.70. The second-order valence-corrected chi connectivity index (χ2v) is 16.0. The van der Waals surface area contributed by atoms with Crippen molar-refractivity contribution in [1.82, 2.24) is 40.0 Å². The number of carbonyl (C=O) groups is 7. The number of esters is 2. The van der Waals surface area contributed by atoms with Crippen molar-refractivity contribution in [1.29, 1.82) is 0 Å². The highest BCUT2D eigenvalue weighted by Gasteiger charge is 2.26. The van der Waals surface area contributed by atoms with Crippen molar-refractivity contribution in [3.8, 4) is 0 Å². The first-order valence-corrected chi connectivity index (χ1v) is 19.5. The average Bonchev–Trinajstić information content (AvgIpc) is 3.73. The van der Waals surface area contributed by atoms with Gasteiger partial charge in [-0.15, -0.1) is 0 Å². The zero-order valence-corrected chi connectivity index (χ0v) is 34.8. The SMILES string of the molecule is CC(C)(C)OC(=O)Cn1ccnc1CN(CCCCC(N)C(=O)NCCCCC(NC(=O)NC(CCC(=O)O)C(=O)O)C(=O)O)Cc1nccn1CC(=O)OC(C)(C)C. The first kappa shape index (κ1) is 49.6. The van der Waals surface area contributed by atoms with E-state index in [-0.39, 0.29) is 44.8 Å². The molecule has 21 nitrogen and oxygen atoms in total. The van der Waals surface area contributed by atoms with E-state index in [1.54, 1.807) is 75.5 Å². The second-order valence-electron chi connectivity index (χ2n) is 16.0. The number of carboxylic acid groups (broad SMARTS) is 3. The fraction of sp³-hybridized carbons (Fsp3) is 0.658. The molecule has 0 aliphatic carbocycles. The van der Waals surface area contributed by atoms with E-state index >= 15 is 0 Å². The van der Waals surface area contributed by atoms with Gasteiger partial charge in [0.15, 0.2) is 0 Å². The molecule has 3 atom stereocenters. The van der Waals surface area contributed by atoms with Crippen LogP contribution >= 0.6 is 0 Å². The summed E-state index contributed by atoms with van der Waals surface area (Å²) in [7, 11) is 0. The second kappa shape index (κ2) is 23.7. The van der Waals surface area contributed by atoms with Crippen LogP contribution in [-0.2, 0) is 64.4 Å². The lowest BCUT2D eigenvalue weighted by Gasteiger charge is -2.24. The molecule has 2 heterocycles. The highest BCUT2D eigenvalue weighted by Crippen LogP contribution is 2.15. The molecule has 0 aliphatic heterocycles. The summed E-state index contributed by atoms with van der Waals surface area (Å²) in [6, 6.07) is -4.74. The Morgan fingerprint density at radius 3 is 1.66 bits per heavy atom. The van der Waals surface area contributed by atoms with E-state index in [2.05, 4.69) is 30.8 Å². The van der Waals surface area contributed by atoms with Crippen LogP contribution in [0.5, 0.6) is 0 Å². The van der Waals surface area contributed by atoms with Crippen LogP contribution < -0.4 is 21.7 Å². The maximum Gasteiger partial charge on any atom is 0.326 e. The Labute approximate surface area is 343 Å². The Balaban J connectivity index is 1.92. The smallest absolute Gasteiger partial charge is 0.326 e. The van der Waals surface area contributed by atoms with E-state index in [1.165, 1.54) is 0 Å². The molecule has 3 amide bonds. The van der Waals surface area contributed by atoms with Crippen molar-refractivity contribution in [3.05, 3.63) is 36.4 Å². The van der Waals surface area contributed by atoms with Crippen molar-refractivity contribution in [2.75, 3.05) is 13.1 Å². The number of nitrogens with zero attached hydrogens (tertiary/aromatic N) is 5. The van der Waals surface area contributed by atoms with E-state index in [4.69, 9.17) is 20.3 Å². The topological polar surface area (TPSA) is 300 Å². The van der Waals surface area contributed by atoms with Gasteiger partial charge in [0.2, 0.25) is 5.91 Å². The van der Waals surface area contributed by atoms with Gasteiger partial charge in [-0.3, -0.25) is 24.1 Å². The Morgan fingerprint density at radius 2 is 1.20 bits per heavy atom. The van der Waals surface area contributed by atoms with Gasteiger partial charge in [0, 0.05) is 37.8 Å². The fourth-order valence-corrected chi connectivity index (χ4v) is 5.70. The van der Waals surface area contributed by atoms with E-state index in [9.17, 15) is 43.8 Å². The summed E-state index contributed by atoms with van der Waals surface area (Å²) in [5, 5.41) is 34.5. The van der Waals surface area contributed by atoms with Gasteiger partial charge in [0.1, 0.15) is 48.0 Å². The van der Waals surface area contributed by atoms with Gasteiger partial charge in [0.25, 0.3) is 0 Å². The Morgan fingerprint density at radius 1 is 0.729 bits per heavy atom. The van der Waals surface area contributed by atoms with Crippen molar-refractivity contribution >= 4 is 41.8 Å². The van der Waals surface area contributed by atoms with Crippen molar-refractivity contribution in [3.63, 3.8) is 0 Å². The van der Waals surface area contributed by atoms with Crippen LogP contribution in [0.4, 0.5) is 4.79 Å². The number of unbranched alkanes of at least 4 members (excludes halogenated alkanes) is 2. The Bertz CT molecular complexity index is 1640. The number of aliphatic carboxylic acids is 3. The third kappa shape index (κ3) is 20.6. The summed E-state index contributed by atoms with van der Waals surface area (Å²) in [6.07, 6.45) is 7.93. The van der Waals surface area contributed by atoms with Crippen molar-refractivity contribution in [2.24, 2.45) is 5.73 Å². The minimum atomic E-state index is -1.51. The van der Waals surface area contributed by atoms with Gasteiger partial charge in [-0.05, 0) is 86.6 Å². The van der Waals surface area contributed by atoms with E-state index in [0.29, 0.717) is 57.0 Å². The van der Waals surface area contributed by atoms with Gasteiger partial charge in [-0.2, -0.15) is 0 Å². The minimum absolute atomic E-state index is 0.0173. The van der Waals surface area contributed by atoms with Crippen LogP contribution in [-0.4, -0.2) is 124 Å². The monoisotopic (exact) mass is 835 g/mol. The number of nitrogens with one attached hydrogen (secondary N) is 3. The number of hydrogen-bond donors (Lipinski definition) is 7. The predicted octanol–water partition coefficient (Wildman–Crippen LogP) is 1.62. The van der Waals surface area contributed by atoms with Crippen LogP contribution in [0, 0.1) is 0 Å². The molecule has 0 saturated heterocycles. The van der Waals surface area contributed by atoms with Crippen molar-refractivity contribution in [2.45, 2.75) is 148 Å². The molecule has 0 aromatic carbocycles. The molecule has 0 bridgehead atoms. The van der Waals surface area contributed by atoms with Crippen LogP contribution in [0.1, 0.15) is 105 Å². The predicted molar refractivity (Wildman–Crippen MR) is 210 cm³/mol. The number of rotatable bonds is 26. The standard InChI is InChI=1S/C38H61N9O12/c1-37(2,3)58-31(50)23-46-19-16-40-28(46)21-45(22-29-41-17-20-47(29)24-32(51)59-38(4,5)6)18-10-8-11-25(39)33(52)42-15-9-7-12-26(34(53)54)43-36(57)44-27(35(55)56)13-14-30(48)49/h16-17,19-20,25-27H,7-15,18,21-24,39H2,1-6H3,(H,42,52)(H,48,49)(H,53,54)(H,55,56)(H2,43,44,57). The lowest BCUT2D eigenvalue weighted by atomic mass is 10.1. The summed E-state index contributed by atoms with van der Waals surface area (Å²) >= 11 is 0. The highest BCUT2D eigenvalue weighted by molar-refractivity contribution is 5.86. The lowest BCUT2D eigenvalue weighted by Crippen LogP contribution is -2.51. The number of urea groups is 1. The number of carbonyl (C=O) groups excluding carboxylic acids is 4. The first-order chi connectivity index (χ1) is 27.5. The van der Waals surface area contributed by atoms with Gasteiger partial charge in [0.05, 0.1) is 19.1 Å². The third-order valence-corrected chi connectivity index (χ3v) is 8.42. The number of carboxylic acids is 3. The van der Waals surface area contributed by atoms with Crippen LogP contribution in [0.15, 0.2) is 24.8 Å². The summed E-state index contributed by atoms with van der Waals surface area (Å²) in [4.78, 5) is 95.0. The molecule has 2 rings (SSSR count). The normalized spacial score (nSPS) is 13.2. The van der Waals surface area contributed by atoms with Gasteiger partial charge < -0.3 is 55.6 Å². The lowest BCUT2D eigenvalue weighted by molar-refractivity contribution is -0.156. The van der Waals surface area contributed by atoms with E-state index in [1.807, 2.05) is 0 Å². The molecule has 8 N–H and O–H groups in total. The number of amides is 3. The quantitative estimate of drug-likeness (QED) is 0.0523. The van der Waals surface area contributed by atoms with Crippen LogP contribution in [0.3, 0.4) is 0 Å². The number of nitrogens with two attached hydrogens (primary N) is 1. The number of aromatic nitrogens is 4. The molecule has 0 aliphatic rings. The highest BCUT2D eigenvalue weighted by atomic mass is 16.6. The Hall–Kier alpha value is -5.57. The van der Waals surface area contributed by atoms with E-state index in [0.717, 1.165) is 0 Å². The van der Waals surface area contributed by atoms with E-state index < -0.39 is 71.6 Å². The molecule has 330 valence electrons. The first-order valence-electron chi connectivity index (χ1n) is 19.5. The molecular weight excluding hydrogens is 774 g/mol. The number of hydrogen-bond acceptors (Lipinski definition) is 13. The van der Waals surface area contributed by atoms with Crippen molar-refractivity contribution < 1.29 is 58.4 Å². The van der Waals surface area contributed by atoms with Gasteiger partial charge in [-0.1, -0.05) is 6.42 Å². The summed E-state index contributed by atoms with van der Waals surface area (Å²) in [5.41, 5.74) is 4.88. The van der Waals surface area contributed by atoms with Gasteiger partial charge >= 0.3 is 35.9 Å². The maximum atomic E-state index is 12.7. The molecule has 3 unspecified atom stereocenters. The Kier molecular flexibility index (Phi) is 19.9. The number of ether oxygens (including phenoxy) is 2. The zero-order valence-electron chi connectivity index (χ0n) is 34.8. The van der Waals surface area contributed by atoms with Crippen LogP contribution in [0.2, 0.25) is 0 Å². The molecule has 0 saturated carbocycles. The molecule has 2 aromatic heterocycles. The van der Waals surface area contributed by atoms with Crippen LogP contribution in [0.25, 0.3) is 0 Å².